The summed E-state index contributed by atoms with van der Waals surface area (Å²) in [7, 11) is 0. The minimum absolute atomic E-state index is 0.0409. The summed E-state index contributed by atoms with van der Waals surface area (Å²) in [4.78, 5) is 22.9. The number of carbonyl (C=O) groups excluding carboxylic acids is 1. The molecule has 0 fully saturated rings. The lowest BCUT2D eigenvalue weighted by atomic mass is 9.97. The third-order valence-corrected chi connectivity index (χ3v) is 6.78. The first-order valence-electron chi connectivity index (χ1n) is 14.7. The van der Waals surface area contributed by atoms with Crippen LogP contribution in [0.3, 0.4) is 0 Å². The Morgan fingerprint density at radius 2 is 1.11 bits per heavy atom. The van der Waals surface area contributed by atoms with E-state index >= 15 is 0 Å². The number of carboxylic acids is 1. The summed E-state index contributed by atoms with van der Waals surface area (Å²) >= 11 is 0. The summed E-state index contributed by atoms with van der Waals surface area (Å²) < 4.78 is 4.90. The molecular formula is C31H56O4. The van der Waals surface area contributed by atoms with E-state index < -0.39 is 17.9 Å². The predicted octanol–water partition coefficient (Wildman–Crippen LogP) is 9.57. The van der Waals surface area contributed by atoms with Gasteiger partial charge in [-0.1, -0.05) is 140 Å². The lowest BCUT2D eigenvalue weighted by Gasteiger charge is -2.11. The van der Waals surface area contributed by atoms with E-state index in [0.717, 1.165) is 19.3 Å². The van der Waals surface area contributed by atoms with E-state index in [1.165, 1.54) is 115 Å². The van der Waals surface area contributed by atoms with Crippen LogP contribution in [-0.4, -0.2) is 23.7 Å². The number of carboxylic acid groups (broad SMARTS) is 1. The molecule has 0 aromatic rings. The summed E-state index contributed by atoms with van der Waals surface area (Å²) in [5.41, 5.74) is 0. The predicted molar refractivity (Wildman–Crippen MR) is 149 cm³/mol. The van der Waals surface area contributed by atoms with Gasteiger partial charge in [-0.2, -0.15) is 0 Å². The Balaban J connectivity index is 3.33. The van der Waals surface area contributed by atoms with Crippen LogP contribution in [0, 0.1) is 5.92 Å². The molecular weight excluding hydrogens is 436 g/mol. The summed E-state index contributed by atoms with van der Waals surface area (Å²) in [5.74, 6) is -1.98. The molecule has 0 rings (SSSR count). The van der Waals surface area contributed by atoms with Gasteiger partial charge in [-0.05, 0) is 26.2 Å². The Morgan fingerprint density at radius 3 is 1.49 bits per heavy atom. The highest BCUT2D eigenvalue weighted by atomic mass is 16.5. The topological polar surface area (TPSA) is 63.6 Å². The molecule has 0 aliphatic rings. The first kappa shape index (κ1) is 33.4. The zero-order chi connectivity index (χ0) is 25.8. The van der Waals surface area contributed by atoms with Gasteiger partial charge < -0.3 is 9.84 Å². The summed E-state index contributed by atoms with van der Waals surface area (Å²) in [6.45, 7) is 5.73. The zero-order valence-electron chi connectivity index (χ0n) is 23.0. The van der Waals surface area contributed by atoms with Crippen LogP contribution in [-0.2, 0) is 14.3 Å². The standard InChI is InChI=1S/C31H56O4/c1-3-5-6-7-8-9-10-11-12-13-14-15-16-17-18-19-20-21-22-23-24-25-26-29(31(33)34)28-30(32)35-27-4-2/h3-5,29H,2,6-28H2,1H3,(H,33,34)/b5-3+. The molecule has 4 nitrogen and oxygen atoms in total. The van der Waals surface area contributed by atoms with Gasteiger partial charge in [-0.3, -0.25) is 9.59 Å². The van der Waals surface area contributed by atoms with E-state index in [9.17, 15) is 14.7 Å². The molecule has 0 radical (unpaired) electrons. The molecule has 1 unspecified atom stereocenters. The van der Waals surface area contributed by atoms with Crippen LogP contribution < -0.4 is 0 Å². The van der Waals surface area contributed by atoms with Crippen molar-refractivity contribution in [2.45, 2.75) is 148 Å². The number of allylic oxidation sites excluding steroid dienone is 2. The van der Waals surface area contributed by atoms with Crippen molar-refractivity contribution in [3.63, 3.8) is 0 Å². The van der Waals surface area contributed by atoms with Crippen molar-refractivity contribution in [3.05, 3.63) is 24.8 Å². The van der Waals surface area contributed by atoms with Gasteiger partial charge in [0.05, 0.1) is 12.3 Å². The van der Waals surface area contributed by atoms with Gasteiger partial charge in [-0.15, -0.1) is 0 Å². The van der Waals surface area contributed by atoms with Crippen LogP contribution >= 0.6 is 0 Å². The van der Waals surface area contributed by atoms with Gasteiger partial charge >= 0.3 is 11.9 Å². The summed E-state index contributed by atoms with van der Waals surface area (Å²) in [6, 6.07) is 0. The number of aliphatic carboxylic acids is 1. The highest BCUT2D eigenvalue weighted by Gasteiger charge is 2.21. The van der Waals surface area contributed by atoms with Crippen molar-refractivity contribution in [1.82, 2.24) is 0 Å². The number of hydrogen-bond acceptors (Lipinski definition) is 3. The first-order chi connectivity index (χ1) is 17.1. The lowest BCUT2D eigenvalue weighted by molar-refractivity contribution is -0.151. The van der Waals surface area contributed by atoms with Gasteiger partial charge in [0.25, 0.3) is 0 Å². The van der Waals surface area contributed by atoms with Crippen LogP contribution in [0.15, 0.2) is 24.8 Å². The van der Waals surface area contributed by atoms with E-state index in [0.29, 0.717) is 6.42 Å². The van der Waals surface area contributed by atoms with Crippen molar-refractivity contribution in [2.24, 2.45) is 5.92 Å². The van der Waals surface area contributed by atoms with Gasteiger partial charge in [0.1, 0.15) is 6.61 Å². The highest BCUT2D eigenvalue weighted by molar-refractivity contribution is 5.78. The molecule has 35 heavy (non-hydrogen) atoms. The maximum atomic E-state index is 11.6. The van der Waals surface area contributed by atoms with Crippen LogP contribution in [0.1, 0.15) is 148 Å². The molecule has 0 bridgehead atoms. The minimum Gasteiger partial charge on any atom is -0.481 e. The second-order valence-electron chi connectivity index (χ2n) is 10.1. The van der Waals surface area contributed by atoms with Gasteiger partial charge in [0.2, 0.25) is 0 Å². The smallest absolute Gasteiger partial charge is 0.307 e. The molecule has 0 spiro atoms. The third-order valence-electron chi connectivity index (χ3n) is 6.78. The molecule has 0 heterocycles. The quantitative estimate of drug-likeness (QED) is 0.0704. The number of rotatable bonds is 27. The van der Waals surface area contributed by atoms with E-state index in [1.807, 2.05) is 0 Å². The number of esters is 1. The molecule has 0 aromatic carbocycles. The highest BCUT2D eigenvalue weighted by Crippen LogP contribution is 2.18. The molecule has 0 aromatic heterocycles. The molecule has 1 N–H and O–H groups in total. The largest absolute Gasteiger partial charge is 0.481 e. The monoisotopic (exact) mass is 492 g/mol. The van der Waals surface area contributed by atoms with Crippen molar-refractivity contribution in [1.29, 1.82) is 0 Å². The SMILES string of the molecule is C=CCOC(=O)CC(CCCCCCCCCCCCCCCCCCCCC/C=C/C)C(=O)O. The van der Waals surface area contributed by atoms with E-state index in [2.05, 4.69) is 25.7 Å². The second-order valence-corrected chi connectivity index (χ2v) is 10.1. The Bertz CT molecular complexity index is 526. The van der Waals surface area contributed by atoms with Crippen LogP contribution in [0.2, 0.25) is 0 Å². The number of unbranched alkanes of at least 4 members (excludes halogenated alkanes) is 19. The van der Waals surface area contributed by atoms with Crippen LogP contribution in [0.5, 0.6) is 0 Å². The van der Waals surface area contributed by atoms with Crippen molar-refractivity contribution in [3.8, 4) is 0 Å². The summed E-state index contributed by atoms with van der Waals surface area (Å²) in [5, 5.41) is 9.29. The fourth-order valence-electron chi connectivity index (χ4n) is 4.55. The van der Waals surface area contributed by atoms with Gasteiger partial charge in [-0.25, -0.2) is 0 Å². The fraction of sp³-hybridized carbons (Fsp3) is 0.806. The van der Waals surface area contributed by atoms with Crippen LogP contribution in [0.4, 0.5) is 0 Å². The molecule has 0 saturated carbocycles. The fourth-order valence-corrected chi connectivity index (χ4v) is 4.55. The van der Waals surface area contributed by atoms with Crippen molar-refractivity contribution in [2.75, 3.05) is 6.61 Å². The van der Waals surface area contributed by atoms with E-state index in [1.54, 1.807) is 0 Å². The Kier molecular flexibility index (Phi) is 25.8. The Labute approximate surface area is 217 Å². The normalized spacial score (nSPS) is 12.1. The van der Waals surface area contributed by atoms with Crippen molar-refractivity contribution < 1.29 is 19.4 Å². The average molecular weight is 493 g/mol. The minimum atomic E-state index is -0.901. The molecule has 204 valence electrons. The van der Waals surface area contributed by atoms with E-state index in [-0.39, 0.29) is 13.0 Å². The van der Waals surface area contributed by atoms with E-state index in [4.69, 9.17) is 4.74 Å². The van der Waals surface area contributed by atoms with Crippen LogP contribution in [0.25, 0.3) is 0 Å². The van der Waals surface area contributed by atoms with Gasteiger partial charge in [0.15, 0.2) is 0 Å². The number of hydrogen-bond donors (Lipinski definition) is 1. The average Bonchev–Trinajstić information content (AvgIpc) is 2.84. The second kappa shape index (κ2) is 27.0. The number of carbonyl (C=O) groups is 2. The molecule has 0 aliphatic carbocycles. The van der Waals surface area contributed by atoms with Gasteiger partial charge in [0, 0.05) is 0 Å². The molecule has 1 atom stereocenters. The van der Waals surface area contributed by atoms with Crippen molar-refractivity contribution >= 4 is 11.9 Å². The molecule has 0 saturated heterocycles. The molecule has 4 heteroatoms. The number of ether oxygens (including phenoxy) is 1. The summed E-state index contributed by atoms with van der Waals surface area (Å²) in [6.07, 6.45) is 32.8. The Hall–Kier alpha value is -1.58. The molecule has 0 aliphatic heterocycles. The first-order valence-corrected chi connectivity index (χ1v) is 14.7. The maximum absolute atomic E-state index is 11.6. The lowest BCUT2D eigenvalue weighted by Crippen LogP contribution is -2.19. The maximum Gasteiger partial charge on any atom is 0.307 e. The molecule has 0 amide bonds. The third kappa shape index (κ3) is 25.3. The Morgan fingerprint density at radius 1 is 0.714 bits per heavy atom. The zero-order valence-corrected chi connectivity index (χ0v) is 23.0.